The molecule has 1 heterocycles. The standard InChI is InChI=1S/C12H14ClNO2S/c1-8-9(2)14(3)12-5-4-10(6-11(8)12)7-17(13,15)16/h4-6H,7H2,1-3H3. The summed E-state index contributed by atoms with van der Waals surface area (Å²) in [5.74, 6) is -0.127. The Hall–Kier alpha value is -1.00. The van der Waals surface area contributed by atoms with Crippen LogP contribution in [0.3, 0.4) is 0 Å². The second kappa shape index (κ2) is 4.03. The lowest BCUT2D eigenvalue weighted by Crippen LogP contribution is -1.95. The third kappa shape index (κ3) is 2.33. The molecule has 0 amide bonds. The average Bonchev–Trinajstić information content (AvgIpc) is 2.42. The van der Waals surface area contributed by atoms with Gasteiger partial charge in [-0.15, -0.1) is 0 Å². The Labute approximate surface area is 105 Å². The van der Waals surface area contributed by atoms with E-state index in [1.165, 1.54) is 11.3 Å². The molecule has 1 aromatic carbocycles. The van der Waals surface area contributed by atoms with Crippen molar-refractivity contribution in [3.05, 3.63) is 35.0 Å². The highest BCUT2D eigenvalue weighted by Gasteiger charge is 2.11. The van der Waals surface area contributed by atoms with Crippen molar-refractivity contribution < 1.29 is 8.42 Å². The Bertz CT molecular complexity index is 686. The molecule has 2 rings (SSSR count). The summed E-state index contributed by atoms with van der Waals surface area (Å²) in [5.41, 5.74) is 4.19. The summed E-state index contributed by atoms with van der Waals surface area (Å²) < 4.78 is 24.2. The van der Waals surface area contributed by atoms with Crippen LogP contribution in [-0.2, 0) is 21.9 Å². The maximum absolute atomic E-state index is 11.1. The van der Waals surface area contributed by atoms with Gasteiger partial charge in [-0.05, 0) is 37.1 Å². The van der Waals surface area contributed by atoms with Gasteiger partial charge in [0, 0.05) is 34.3 Å². The third-order valence-electron chi connectivity index (χ3n) is 3.21. The molecule has 0 aliphatic carbocycles. The van der Waals surface area contributed by atoms with E-state index in [4.69, 9.17) is 10.7 Å². The molecule has 1 aromatic heterocycles. The molecular weight excluding hydrogens is 258 g/mol. The second-order valence-electron chi connectivity index (χ2n) is 4.30. The molecule has 92 valence electrons. The summed E-state index contributed by atoms with van der Waals surface area (Å²) in [6.45, 7) is 4.09. The molecule has 0 unspecified atom stereocenters. The highest BCUT2D eigenvalue weighted by Crippen LogP contribution is 2.26. The van der Waals surface area contributed by atoms with Crippen molar-refractivity contribution in [2.24, 2.45) is 7.05 Å². The monoisotopic (exact) mass is 271 g/mol. The van der Waals surface area contributed by atoms with Crippen LogP contribution in [0.25, 0.3) is 10.9 Å². The van der Waals surface area contributed by atoms with E-state index in [-0.39, 0.29) is 5.75 Å². The van der Waals surface area contributed by atoms with Crippen molar-refractivity contribution >= 4 is 30.6 Å². The number of nitrogens with zero attached hydrogens (tertiary/aromatic N) is 1. The topological polar surface area (TPSA) is 39.1 Å². The molecule has 5 heteroatoms. The van der Waals surface area contributed by atoms with Crippen LogP contribution in [0.4, 0.5) is 0 Å². The summed E-state index contributed by atoms with van der Waals surface area (Å²) in [5, 5.41) is 1.09. The molecule has 0 N–H and O–H groups in total. The molecule has 0 atom stereocenters. The smallest absolute Gasteiger partial charge is 0.236 e. The summed E-state index contributed by atoms with van der Waals surface area (Å²) in [4.78, 5) is 0. The van der Waals surface area contributed by atoms with Gasteiger partial charge in [0.1, 0.15) is 0 Å². The maximum Gasteiger partial charge on any atom is 0.236 e. The molecule has 0 saturated heterocycles. The number of hydrogen-bond acceptors (Lipinski definition) is 2. The quantitative estimate of drug-likeness (QED) is 0.788. The molecule has 0 spiro atoms. The molecule has 0 bridgehead atoms. The molecule has 0 aliphatic rings. The van der Waals surface area contributed by atoms with E-state index < -0.39 is 9.05 Å². The van der Waals surface area contributed by atoms with Crippen molar-refractivity contribution in [3.8, 4) is 0 Å². The predicted molar refractivity (Wildman–Crippen MR) is 70.9 cm³/mol. The number of benzene rings is 1. The Morgan fingerprint density at radius 3 is 2.53 bits per heavy atom. The lowest BCUT2D eigenvalue weighted by molar-refractivity contribution is 0.609. The van der Waals surface area contributed by atoms with Gasteiger partial charge in [0.15, 0.2) is 0 Å². The minimum atomic E-state index is -3.50. The van der Waals surface area contributed by atoms with Crippen LogP contribution < -0.4 is 0 Å². The number of aromatic nitrogens is 1. The van der Waals surface area contributed by atoms with Crippen LogP contribution in [0.5, 0.6) is 0 Å². The molecule has 3 nitrogen and oxygen atoms in total. The van der Waals surface area contributed by atoms with Gasteiger partial charge in [0.05, 0.1) is 5.75 Å². The zero-order chi connectivity index (χ0) is 12.8. The first kappa shape index (κ1) is 12.5. The van der Waals surface area contributed by atoms with Crippen LogP contribution in [0.15, 0.2) is 18.2 Å². The number of halogens is 1. The molecule has 17 heavy (non-hydrogen) atoms. The van der Waals surface area contributed by atoms with Gasteiger partial charge in [-0.2, -0.15) is 0 Å². The van der Waals surface area contributed by atoms with Gasteiger partial charge in [0.2, 0.25) is 9.05 Å². The first-order chi connectivity index (χ1) is 7.79. The average molecular weight is 272 g/mol. The SMILES string of the molecule is Cc1c(C)n(C)c2ccc(CS(=O)(=O)Cl)cc12. The van der Waals surface area contributed by atoms with E-state index in [0.29, 0.717) is 0 Å². The lowest BCUT2D eigenvalue weighted by atomic mass is 10.1. The van der Waals surface area contributed by atoms with E-state index in [0.717, 1.165) is 16.5 Å². The second-order valence-corrected chi connectivity index (χ2v) is 7.08. The Morgan fingerprint density at radius 1 is 1.29 bits per heavy atom. The fraction of sp³-hybridized carbons (Fsp3) is 0.333. The summed E-state index contributed by atoms with van der Waals surface area (Å²) in [7, 11) is 3.77. The van der Waals surface area contributed by atoms with Crippen LogP contribution in [0, 0.1) is 13.8 Å². The number of rotatable bonds is 2. The van der Waals surface area contributed by atoms with Crippen LogP contribution in [0.2, 0.25) is 0 Å². The van der Waals surface area contributed by atoms with Gasteiger partial charge in [0.25, 0.3) is 0 Å². The van der Waals surface area contributed by atoms with Gasteiger partial charge in [-0.3, -0.25) is 0 Å². The first-order valence-corrected chi connectivity index (χ1v) is 7.74. The summed E-state index contributed by atoms with van der Waals surface area (Å²) in [6, 6.07) is 5.64. The minimum Gasteiger partial charge on any atom is -0.348 e. The lowest BCUT2D eigenvalue weighted by Gasteiger charge is -2.01. The normalized spacial score (nSPS) is 12.2. The number of hydrogen-bond donors (Lipinski definition) is 0. The van der Waals surface area contributed by atoms with E-state index in [2.05, 4.69) is 4.57 Å². The Kier molecular flexibility index (Phi) is 2.96. The van der Waals surface area contributed by atoms with E-state index in [1.54, 1.807) is 6.07 Å². The van der Waals surface area contributed by atoms with Crippen LogP contribution in [0.1, 0.15) is 16.8 Å². The van der Waals surface area contributed by atoms with E-state index in [9.17, 15) is 8.42 Å². The zero-order valence-electron chi connectivity index (χ0n) is 9.99. The molecule has 0 fully saturated rings. The van der Waals surface area contributed by atoms with Crippen LogP contribution in [-0.4, -0.2) is 13.0 Å². The predicted octanol–water partition coefficient (Wildman–Crippen LogP) is 2.86. The Balaban J connectivity index is 2.62. The fourth-order valence-electron chi connectivity index (χ4n) is 2.09. The first-order valence-electron chi connectivity index (χ1n) is 5.26. The van der Waals surface area contributed by atoms with Gasteiger partial charge < -0.3 is 4.57 Å². The van der Waals surface area contributed by atoms with Crippen LogP contribution >= 0.6 is 10.7 Å². The highest BCUT2D eigenvalue weighted by molar-refractivity contribution is 8.13. The Morgan fingerprint density at radius 2 is 1.94 bits per heavy atom. The summed E-state index contributed by atoms with van der Waals surface area (Å²) >= 11 is 0. The molecule has 0 aliphatic heterocycles. The van der Waals surface area contributed by atoms with Crippen molar-refractivity contribution in [3.63, 3.8) is 0 Å². The molecule has 0 saturated carbocycles. The fourth-order valence-corrected chi connectivity index (χ4v) is 3.05. The minimum absolute atomic E-state index is 0.127. The van der Waals surface area contributed by atoms with Crippen molar-refractivity contribution in [1.82, 2.24) is 4.57 Å². The van der Waals surface area contributed by atoms with E-state index >= 15 is 0 Å². The highest BCUT2D eigenvalue weighted by atomic mass is 35.7. The zero-order valence-corrected chi connectivity index (χ0v) is 11.6. The van der Waals surface area contributed by atoms with Gasteiger partial charge >= 0.3 is 0 Å². The van der Waals surface area contributed by atoms with Crippen molar-refractivity contribution in [2.45, 2.75) is 19.6 Å². The third-order valence-corrected chi connectivity index (χ3v) is 4.22. The maximum atomic E-state index is 11.1. The molecule has 0 radical (unpaired) electrons. The van der Waals surface area contributed by atoms with Crippen molar-refractivity contribution in [2.75, 3.05) is 0 Å². The largest absolute Gasteiger partial charge is 0.348 e. The number of fused-ring (bicyclic) bond motifs is 1. The van der Waals surface area contributed by atoms with Gasteiger partial charge in [-0.25, -0.2) is 8.42 Å². The van der Waals surface area contributed by atoms with Crippen molar-refractivity contribution in [1.29, 1.82) is 0 Å². The number of aryl methyl sites for hydroxylation is 2. The van der Waals surface area contributed by atoms with Gasteiger partial charge in [-0.1, -0.05) is 6.07 Å². The van der Waals surface area contributed by atoms with E-state index in [1.807, 2.05) is 33.0 Å². The molecule has 2 aromatic rings. The summed E-state index contributed by atoms with van der Waals surface area (Å²) in [6.07, 6.45) is 0. The molecular formula is C12H14ClNO2S.